The van der Waals surface area contributed by atoms with Crippen LogP contribution in [0.2, 0.25) is 5.02 Å². The third kappa shape index (κ3) is 8.07. The minimum absolute atomic E-state index is 0.0709. The van der Waals surface area contributed by atoms with Gasteiger partial charge in [-0.3, -0.25) is 19.2 Å². The smallest absolute Gasteiger partial charge is 0.271 e. The van der Waals surface area contributed by atoms with E-state index in [0.717, 1.165) is 11.8 Å². The Morgan fingerprint density at radius 1 is 1.03 bits per heavy atom. The van der Waals surface area contributed by atoms with Crippen LogP contribution in [-0.2, 0) is 26.2 Å². The maximum atomic E-state index is 13.2. The van der Waals surface area contributed by atoms with Crippen molar-refractivity contribution >= 4 is 33.4 Å². The number of amides is 2. The van der Waals surface area contributed by atoms with Crippen LogP contribution in [0.1, 0.15) is 19.4 Å². The molecule has 196 valence electrons. The molecule has 3 rings (SSSR count). The van der Waals surface area contributed by atoms with E-state index in [1.54, 1.807) is 27.8 Å². The van der Waals surface area contributed by atoms with Gasteiger partial charge in [0, 0.05) is 42.8 Å². The van der Waals surface area contributed by atoms with Crippen LogP contribution >= 0.6 is 11.6 Å². The number of halogens is 2. The standard InChI is InChI=1S/C24H29ClFN3O6S/c1-16-12-29(17(2)11-28(16)13-18-4-7-20(26)8-5-18)24(31)15-35-21-9-6-19(25)10-22(21)34-14-23(30)27-36(3,32)33/h4-10,16-17H,11-15H2,1-3H3,(H,27,30). The Labute approximate surface area is 215 Å². The minimum atomic E-state index is -3.72. The number of benzene rings is 2. The monoisotopic (exact) mass is 541 g/mol. The summed E-state index contributed by atoms with van der Waals surface area (Å²) in [5.41, 5.74) is 0.999. The van der Waals surface area contributed by atoms with Crippen molar-refractivity contribution in [3.05, 3.63) is 58.9 Å². The van der Waals surface area contributed by atoms with Crippen LogP contribution in [0.5, 0.6) is 11.5 Å². The highest BCUT2D eigenvalue weighted by Crippen LogP contribution is 2.30. The Balaban J connectivity index is 1.57. The van der Waals surface area contributed by atoms with Gasteiger partial charge in [-0.25, -0.2) is 12.8 Å². The second-order valence-electron chi connectivity index (χ2n) is 8.77. The third-order valence-corrected chi connectivity index (χ3v) is 6.48. The zero-order valence-corrected chi connectivity index (χ0v) is 21.8. The quantitative estimate of drug-likeness (QED) is 0.520. The number of ether oxygens (including phenoxy) is 2. The molecule has 9 nitrogen and oxygen atoms in total. The van der Waals surface area contributed by atoms with E-state index in [1.807, 2.05) is 13.8 Å². The Kier molecular flexibility index (Phi) is 9.15. The van der Waals surface area contributed by atoms with Crippen LogP contribution in [0.25, 0.3) is 0 Å². The fourth-order valence-corrected chi connectivity index (χ4v) is 4.54. The molecule has 1 fully saturated rings. The molecule has 0 spiro atoms. The molecule has 1 heterocycles. The van der Waals surface area contributed by atoms with Crippen LogP contribution < -0.4 is 14.2 Å². The first-order chi connectivity index (χ1) is 16.9. The largest absolute Gasteiger partial charge is 0.480 e. The molecule has 12 heteroatoms. The Hall–Kier alpha value is -2.89. The van der Waals surface area contributed by atoms with Crippen molar-refractivity contribution in [2.45, 2.75) is 32.5 Å². The molecule has 0 radical (unpaired) electrons. The molecule has 0 aliphatic carbocycles. The zero-order chi connectivity index (χ0) is 26.5. The van der Waals surface area contributed by atoms with Crippen LogP contribution in [0.4, 0.5) is 4.39 Å². The normalized spacial score (nSPS) is 18.5. The highest BCUT2D eigenvalue weighted by molar-refractivity contribution is 7.89. The van der Waals surface area contributed by atoms with E-state index in [-0.39, 0.29) is 41.9 Å². The van der Waals surface area contributed by atoms with Crippen molar-refractivity contribution < 1.29 is 31.9 Å². The molecule has 2 aromatic carbocycles. The maximum absolute atomic E-state index is 13.2. The molecular formula is C24H29ClFN3O6S. The lowest BCUT2D eigenvalue weighted by atomic mass is 10.1. The molecule has 36 heavy (non-hydrogen) atoms. The second kappa shape index (κ2) is 11.9. The second-order valence-corrected chi connectivity index (χ2v) is 11.0. The first-order valence-electron chi connectivity index (χ1n) is 11.2. The molecule has 2 amide bonds. The van der Waals surface area contributed by atoms with Crippen LogP contribution in [0.15, 0.2) is 42.5 Å². The SMILES string of the molecule is CC1CN(C(=O)COc2ccc(Cl)cc2OCC(=O)NS(C)(=O)=O)C(C)CN1Cc1ccc(F)cc1. The molecule has 0 saturated carbocycles. The molecule has 2 aromatic rings. The number of hydrogen-bond donors (Lipinski definition) is 1. The third-order valence-electron chi connectivity index (χ3n) is 5.65. The van der Waals surface area contributed by atoms with Crippen molar-refractivity contribution in [2.75, 3.05) is 32.6 Å². The number of rotatable bonds is 9. The number of nitrogens with one attached hydrogen (secondary N) is 1. The average Bonchev–Trinajstić information content (AvgIpc) is 2.79. The van der Waals surface area contributed by atoms with Crippen molar-refractivity contribution in [3.63, 3.8) is 0 Å². The molecule has 1 aliphatic rings. The zero-order valence-electron chi connectivity index (χ0n) is 20.2. The summed E-state index contributed by atoms with van der Waals surface area (Å²) in [5, 5.41) is 0.312. The number of piperazine rings is 1. The summed E-state index contributed by atoms with van der Waals surface area (Å²) in [7, 11) is -3.72. The number of hydrogen-bond acceptors (Lipinski definition) is 7. The molecule has 1 aliphatic heterocycles. The van der Waals surface area contributed by atoms with Gasteiger partial charge in [0.1, 0.15) is 5.82 Å². The summed E-state index contributed by atoms with van der Waals surface area (Å²) >= 11 is 6.01. The fourth-order valence-electron chi connectivity index (χ4n) is 3.91. The van der Waals surface area contributed by atoms with Crippen LogP contribution in [0, 0.1) is 5.82 Å². The van der Waals surface area contributed by atoms with Gasteiger partial charge in [0.05, 0.1) is 6.26 Å². The first kappa shape index (κ1) is 27.7. The lowest BCUT2D eigenvalue weighted by molar-refractivity contribution is -0.139. The molecule has 0 aromatic heterocycles. The van der Waals surface area contributed by atoms with Gasteiger partial charge in [0.2, 0.25) is 10.0 Å². The Bertz CT molecular complexity index is 1190. The van der Waals surface area contributed by atoms with Crippen LogP contribution in [0.3, 0.4) is 0 Å². The van der Waals surface area contributed by atoms with E-state index in [0.29, 0.717) is 24.7 Å². The predicted octanol–water partition coefficient (Wildman–Crippen LogP) is 2.43. The number of carbonyl (C=O) groups excluding carboxylic acids is 2. The van der Waals surface area contributed by atoms with E-state index < -0.39 is 22.5 Å². The highest BCUT2D eigenvalue weighted by atomic mass is 35.5. The van der Waals surface area contributed by atoms with E-state index in [4.69, 9.17) is 21.1 Å². The lowest BCUT2D eigenvalue weighted by Gasteiger charge is -2.44. The average molecular weight is 542 g/mol. The van der Waals surface area contributed by atoms with E-state index >= 15 is 0 Å². The minimum Gasteiger partial charge on any atom is -0.480 e. The molecule has 2 unspecified atom stereocenters. The topological polar surface area (TPSA) is 105 Å². The lowest BCUT2D eigenvalue weighted by Crippen LogP contribution is -2.58. The van der Waals surface area contributed by atoms with Gasteiger partial charge in [0.25, 0.3) is 11.8 Å². The molecule has 2 atom stereocenters. The number of sulfonamides is 1. The van der Waals surface area contributed by atoms with E-state index in [1.165, 1.54) is 24.3 Å². The van der Waals surface area contributed by atoms with Gasteiger partial charge >= 0.3 is 0 Å². The summed E-state index contributed by atoms with van der Waals surface area (Å²) in [6, 6.07) is 10.9. The maximum Gasteiger partial charge on any atom is 0.271 e. The van der Waals surface area contributed by atoms with Gasteiger partial charge in [-0.05, 0) is 43.7 Å². The van der Waals surface area contributed by atoms with Crippen molar-refractivity contribution in [1.29, 1.82) is 0 Å². The Morgan fingerprint density at radius 3 is 2.36 bits per heavy atom. The van der Waals surface area contributed by atoms with Gasteiger partial charge in [-0.1, -0.05) is 23.7 Å². The number of carbonyl (C=O) groups is 2. The Morgan fingerprint density at radius 2 is 1.69 bits per heavy atom. The van der Waals surface area contributed by atoms with Gasteiger partial charge in [-0.15, -0.1) is 0 Å². The predicted molar refractivity (Wildman–Crippen MR) is 133 cm³/mol. The van der Waals surface area contributed by atoms with Crippen molar-refractivity contribution in [2.24, 2.45) is 0 Å². The van der Waals surface area contributed by atoms with Crippen LogP contribution in [-0.4, -0.2) is 74.7 Å². The summed E-state index contributed by atoms with van der Waals surface area (Å²) < 4.78 is 48.4. The van der Waals surface area contributed by atoms with Crippen molar-refractivity contribution in [3.8, 4) is 11.5 Å². The summed E-state index contributed by atoms with van der Waals surface area (Å²) in [6.07, 6.45) is 0.856. The first-order valence-corrected chi connectivity index (χ1v) is 13.5. The van der Waals surface area contributed by atoms with E-state index in [9.17, 15) is 22.4 Å². The number of nitrogens with zero attached hydrogens (tertiary/aromatic N) is 2. The fraction of sp³-hybridized carbons (Fsp3) is 0.417. The molecule has 1 N–H and O–H groups in total. The van der Waals surface area contributed by atoms with Gasteiger partial charge < -0.3 is 14.4 Å². The van der Waals surface area contributed by atoms with Gasteiger partial charge in [0.15, 0.2) is 24.7 Å². The molecule has 1 saturated heterocycles. The summed E-state index contributed by atoms with van der Waals surface area (Å²) in [6.45, 7) is 4.95. The summed E-state index contributed by atoms with van der Waals surface area (Å²) in [5.74, 6) is -1.06. The van der Waals surface area contributed by atoms with Gasteiger partial charge in [-0.2, -0.15) is 0 Å². The highest BCUT2D eigenvalue weighted by Gasteiger charge is 2.32. The van der Waals surface area contributed by atoms with E-state index in [2.05, 4.69) is 4.90 Å². The molecular weight excluding hydrogens is 513 g/mol. The molecule has 0 bridgehead atoms. The van der Waals surface area contributed by atoms with Crippen molar-refractivity contribution in [1.82, 2.24) is 14.5 Å². The summed E-state index contributed by atoms with van der Waals surface area (Å²) in [4.78, 5) is 28.7.